The van der Waals surface area contributed by atoms with E-state index in [2.05, 4.69) is 18.2 Å². The second-order valence-electron chi connectivity index (χ2n) is 4.45. The molecule has 0 saturated heterocycles. The zero-order chi connectivity index (χ0) is 11.7. The fourth-order valence-corrected chi connectivity index (χ4v) is 2.44. The van der Waals surface area contributed by atoms with E-state index >= 15 is 0 Å². The van der Waals surface area contributed by atoms with Crippen LogP contribution in [0.5, 0.6) is 5.75 Å². The summed E-state index contributed by atoms with van der Waals surface area (Å²) in [5, 5.41) is 0. The summed E-state index contributed by atoms with van der Waals surface area (Å²) in [4.78, 5) is 0. The quantitative estimate of drug-likeness (QED) is 0.852. The summed E-state index contributed by atoms with van der Waals surface area (Å²) >= 11 is 0. The van der Waals surface area contributed by atoms with Crippen LogP contribution in [0.1, 0.15) is 11.1 Å². The highest BCUT2D eigenvalue weighted by Crippen LogP contribution is 2.40. The molecule has 0 aliphatic carbocycles. The highest BCUT2D eigenvalue weighted by atomic mass is 16.5. The van der Waals surface area contributed by atoms with Crippen LogP contribution in [0.25, 0.3) is 0 Å². The molecule has 1 aliphatic heterocycles. The number of hydrogen-bond acceptors (Lipinski definition) is 2. The summed E-state index contributed by atoms with van der Waals surface area (Å²) < 4.78 is 6.10. The lowest BCUT2D eigenvalue weighted by Crippen LogP contribution is -2.39. The average Bonchev–Trinajstić information content (AvgIpc) is 2.79. The monoisotopic (exact) mass is 225 g/mol. The molecule has 3 rings (SSSR count). The maximum atomic E-state index is 6.10. The summed E-state index contributed by atoms with van der Waals surface area (Å²) in [7, 11) is 0. The van der Waals surface area contributed by atoms with Crippen molar-refractivity contribution in [3.8, 4) is 5.75 Å². The van der Waals surface area contributed by atoms with Crippen molar-refractivity contribution < 1.29 is 4.74 Å². The van der Waals surface area contributed by atoms with Gasteiger partial charge in [0.25, 0.3) is 0 Å². The summed E-state index contributed by atoms with van der Waals surface area (Å²) in [6, 6.07) is 18.4. The van der Waals surface area contributed by atoms with Crippen LogP contribution in [0.3, 0.4) is 0 Å². The van der Waals surface area contributed by atoms with Gasteiger partial charge in [-0.15, -0.1) is 0 Å². The van der Waals surface area contributed by atoms with Gasteiger partial charge in [-0.05, 0) is 17.2 Å². The van der Waals surface area contributed by atoms with E-state index in [1.165, 1.54) is 5.56 Å². The molecule has 0 fully saturated rings. The van der Waals surface area contributed by atoms with Crippen molar-refractivity contribution in [3.05, 3.63) is 65.7 Å². The fourth-order valence-electron chi connectivity index (χ4n) is 2.44. The Morgan fingerprint density at radius 2 is 1.71 bits per heavy atom. The molecule has 1 unspecified atom stereocenters. The minimum Gasteiger partial charge on any atom is -0.481 e. The Morgan fingerprint density at radius 1 is 1.00 bits per heavy atom. The first-order valence-electron chi connectivity index (χ1n) is 5.87. The number of nitrogens with two attached hydrogens (primary N) is 1. The molecule has 2 N–H and O–H groups in total. The maximum absolute atomic E-state index is 6.10. The first kappa shape index (κ1) is 10.4. The predicted octanol–water partition coefficient (Wildman–Crippen LogP) is 2.48. The Labute approximate surface area is 101 Å². The normalized spacial score (nSPS) is 21.9. The Hall–Kier alpha value is -1.80. The van der Waals surface area contributed by atoms with Crippen molar-refractivity contribution in [2.24, 2.45) is 5.73 Å². The molecular formula is C15H15NO. The third-order valence-electron chi connectivity index (χ3n) is 3.38. The van der Waals surface area contributed by atoms with Crippen LogP contribution in [0.15, 0.2) is 54.6 Å². The second-order valence-corrected chi connectivity index (χ2v) is 4.45. The first-order valence-corrected chi connectivity index (χ1v) is 5.87. The average molecular weight is 225 g/mol. The lowest BCUT2D eigenvalue weighted by Gasteiger charge is -2.27. The van der Waals surface area contributed by atoms with Crippen molar-refractivity contribution in [2.75, 3.05) is 6.54 Å². The summed E-state index contributed by atoms with van der Waals surface area (Å²) in [5.41, 5.74) is 7.96. The van der Waals surface area contributed by atoms with Crippen LogP contribution >= 0.6 is 0 Å². The summed E-state index contributed by atoms with van der Waals surface area (Å²) in [6.07, 6.45) is 0.851. The minimum atomic E-state index is -0.384. The molecule has 0 bridgehead atoms. The smallest absolute Gasteiger partial charge is 0.150 e. The third kappa shape index (κ3) is 1.61. The molecule has 2 aromatic carbocycles. The van der Waals surface area contributed by atoms with Gasteiger partial charge in [0, 0.05) is 13.0 Å². The van der Waals surface area contributed by atoms with Crippen LogP contribution in [0, 0.1) is 0 Å². The molecule has 0 spiro atoms. The van der Waals surface area contributed by atoms with Gasteiger partial charge in [0.1, 0.15) is 5.75 Å². The van der Waals surface area contributed by atoms with E-state index in [-0.39, 0.29) is 5.60 Å². The van der Waals surface area contributed by atoms with E-state index in [1.54, 1.807) is 0 Å². The van der Waals surface area contributed by atoms with Gasteiger partial charge in [-0.2, -0.15) is 0 Å². The molecule has 1 heterocycles. The van der Waals surface area contributed by atoms with Gasteiger partial charge in [0.05, 0.1) is 0 Å². The Bertz CT molecular complexity index is 496. The highest BCUT2D eigenvalue weighted by Gasteiger charge is 2.39. The second kappa shape index (κ2) is 3.90. The minimum absolute atomic E-state index is 0.384. The SMILES string of the molecule is NCC1(c2ccccc2)Cc2ccccc2O1. The number of para-hydroxylation sites is 1. The topological polar surface area (TPSA) is 35.2 Å². The van der Waals surface area contributed by atoms with E-state index < -0.39 is 0 Å². The van der Waals surface area contributed by atoms with Crippen LogP contribution in [0.2, 0.25) is 0 Å². The zero-order valence-electron chi connectivity index (χ0n) is 9.60. The van der Waals surface area contributed by atoms with Crippen molar-refractivity contribution in [2.45, 2.75) is 12.0 Å². The van der Waals surface area contributed by atoms with Gasteiger partial charge in [0.2, 0.25) is 0 Å². The molecule has 0 radical (unpaired) electrons. The number of hydrogen-bond donors (Lipinski definition) is 1. The number of benzene rings is 2. The van der Waals surface area contributed by atoms with Crippen molar-refractivity contribution in [1.29, 1.82) is 0 Å². The zero-order valence-corrected chi connectivity index (χ0v) is 9.60. The van der Waals surface area contributed by atoms with Crippen molar-refractivity contribution in [1.82, 2.24) is 0 Å². The standard InChI is InChI=1S/C15H15NO/c16-11-15(13-7-2-1-3-8-13)10-12-6-4-5-9-14(12)17-15/h1-9H,10-11,16H2. The molecule has 0 saturated carbocycles. The van der Waals surface area contributed by atoms with Gasteiger partial charge in [-0.25, -0.2) is 0 Å². The summed E-state index contributed by atoms with van der Waals surface area (Å²) in [6.45, 7) is 0.492. The molecule has 2 nitrogen and oxygen atoms in total. The van der Waals surface area contributed by atoms with E-state index in [0.717, 1.165) is 17.7 Å². The molecule has 2 heteroatoms. The van der Waals surface area contributed by atoms with Crippen molar-refractivity contribution >= 4 is 0 Å². The molecule has 0 amide bonds. The van der Waals surface area contributed by atoms with Gasteiger partial charge < -0.3 is 10.5 Å². The number of ether oxygens (including phenoxy) is 1. The van der Waals surface area contributed by atoms with Crippen LogP contribution < -0.4 is 10.5 Å². The van der Waals surface area contributed by atoms with E-state index in [4.69, 9.17) is 10.5 Å². The van der Waals surface area contributed by atoms with E-state index in [9.17, 15) is 0 Å². The molecule has 17 heavy (non-hydrogen) atoms. The Morgan fingerprint density at radius 3 is 2.41 bits per heavy atom. The lowest BCUT2D eigenvalue weighted by molar-refractivity contribution is 0.103. The van der Waals surface area contributed by atoms with Gasteiger partial charge in [-0.1, -0.05) is 48.5 Å². The predicted molar refractivity (Wildman–Crippen MR) is 67.9 cm³/mol. The number of rotatable bonds is 2. The number of fused-ring (bicyclic) bond motifs is 1. The third-order valence-corrected chi connectivity index (χ3v) is 3.38. The van der Waals surface area contributed by atoms with E-state index in [1.807, 2.05) is 36.4 Å². The van der Waals surface area contributed by atoms with E-state index in [0.29, 0.717) is 6.54 Å². The Balaban J connectivity index is 2.03. The van der Waals surface area contributed by atoms with Gasteiger partial charge in [0.15, 0.2) is 5.60 Å². The van der Waals surface area contributed by atoms with Gasteiger partial charge in [-0.3, -0.25) is 0 Å². The van der Waals surface area contributed by atoms with Crippen molar-refractivity contribution in [3.63, 3.8) is 0 Å². The molecular weight excluding hydrogens is 210 g/mol. The van der Waals surface area contributed by atoms with Crippen LogP contribution in [-0.4, -0.2) is 6.54 Å². The van der Waals surface area contributed by atoms with Crippen LogP contribution in [0.4, 0.5) is 0 Å². The molecule has 86 valence electrons. The molecule has 1 aliphatic rings. The first-order chi connectivity index (χ1) is 8.34. The lowest BCUT2D eigenvalue weighted by atomic mass is 9.89. The fraction of sp³-hybridized carbons (Fsp3) is 0.200. The molecule has 2 aromatic rings. The highest BCUT2D eigenvalue weighted by molar-refractivity contribution is 5.42. The molecule has 1 atom stereocenters. The molecule has 0 aromatic heterocycles. The largest absolute Gasteiger partial charge is 0.481 e. The maximum Gasteiger partial charge on any atom is 0.150 e. The summed E-state index contributed by atoms with van der Waals surface area (Å²) in [5.74, 6) is 0.960. The van der Waals surface area contributed by atoms with Gasteiger partial charge >= 0.3 is 0 Å². The van der Waals surface area contributed by atoms with Crippen LogP contribution in [-0.2, 0) is 12.0 Å². The Kier molecular flexibility index (Phi) is 2.37.